The molecule has 0 atom stereocenters. The molecule has 0 saturated heterocycles. The predicted molar refractivity (Wildman–Crippen MR) is 70.5 cm³/mol. The van der Waals surface area contributed by atoms with Gasteiger partial charge in [0, 0.05) is 24.2 Å². The van der Waals surface area contributed by atoms with E-state index < -0.39 is 0 Å². The van der Waals surface area contributed by atoms with Crippen molar-refractivity contribution in [3.8, 4) is 0 Å². The van der Waals surface area contributed by atoms with Gasteiger partial charge < -0.3 is 10.6 Å². The molecule has 1 aromatic heterocycles. The zero-order valence-electron chi connectivity index (χ0n) is 9.84. The molecule has 0 fully saturated rings. The second kappa shape index (κ2) is 4.14. The summed E-state index contributed by atoms with van der Waals surface area (Å²) in [6.07, 6.45) is 5.90. The Kier molecular flexibility index (Phi) is 2.48. The molecule has 1 amide bonds. The lowest BCUT2D eigenvalue weighted by Crippen LogP contribution is -2.20. The van der Waals surface area contributed by atoms with E-state index in [2.05, 4.69) is 4.98 Å². The highest BCUT2D eigenvalue weighted by Crippen LogP contribution is 2.21. The van der Waals surface area contributed by atoms with Crippen LogP contribution in [0, 0.1) is 0 Å². The van der Waals surface area contributed by atoms with Crippen molar-refractivity contribution < 1.29 is 4.79 Å². The lowest BCUT2D eigenvalue weighted by molar-refractivity contribution is -0.127. The van der Waals surface area contributed by atoms with E-state index in [9.17, 15) is 4.79 Å². The molecule has 0 aliphatic carbocycles. The standard InChI is InChI=1S/C14H13N3O/c15-14-12-8-10(3-4-11(12)5-6-16-14)9-17-7-1-2-13(17)18/h1,3-8H,2,9H2,(H2,15,16). The molecule has 1 aliphatic rings. The maximum absolute atomic E-state index is 11.5. The van der Waals surface area contributed by atoms with Crippen molar-refractivity contribution in [3.63, 3.8) is 0 Å². The number of hydrogen-bond donors (Lipinski definition) is 1. The summed E-state index contributed by atoms with van der Waals surface area (Å²) in [6, 6.07) is 7.95. The molecular weight excluding hydrogens is 226 g/mol. The Hall–Kier alpha value is -2.36. The molecule has 1 aliphatic heterocycles. The third-order valence-corrected chi connectivity index (χ3v) is 3.11. The summed E-state index contributed by atoms with van der Waals surface area (Å²) in [5.41, 5.74) is 6.91. The molecule has 0 unspecified atom stereocenters. The Morgan fingerprint density at radius 2 is 2.22 bits per heavy atom. The number of hydrogen-bond acceptors (Lipinski definition) is 3. The first kappa shape index (κ1) is 10.8. The summed E-state index contributed by atoms with van der Waals surface area (Å²) >= 11 is 0. The van der Waals surface area contributed by atoms with Crippen LogP contribution in [0.1, 0.15) is 12.0 Å². The van der Waals surface area contributed by atoms with Crippen LogP contribution in [0.15, 0.2) is 42.7 Å². The number of carbonyl (C=O) groups excluding carboxylic acids is 1. The first-order valence-corrected chi connectivity index (χ1v) is 5.83. The first-order chi connectivity index (χ1) is 8.74. The van der Waals surface area contributed by atoms with E-state index in [4.69, 9.17) is 5.73 Å². The van der Waals surface area contributed by atoms with Crippen LogP contribution in [0.25, 0.3) is 10.8 Å². The number of nitrogens with zero attached hydrogens (tertiary/aromatic N) is 2. The zero-order chi connectivity index (χ0) is 12.5. The second-order valence-electron chi connectivity index (χ2n) is 4.36. The van der Waals surface area contributed by atoms with Gasteiger partial charge >= 0.3 is 0 Å². The van der Waals surface area contributed by atoms with Crippen LogP contribution < -0.4 is 5.73 Å². The van der Waals surface area contributed by atoms with Crippen molar-refractivity contribution in [2.45, 2.75) is 13.0 Å². The zero-order valence-corrected chi connectivity index (χ0v) is 9.84. The molecule has 90 valence electrons. The fraction of sp³-hybridized carbons (Fsp3) is 0.143. The van der Waals surface area contributed by atoms with E-state index in [-0.39, 0.29) is 5.91 Å². The molecule has 18 heavy (non-hydrogen) atoms. The Balaban J connectivity index is 1.96. The minimum atomic E-state index is 0.134. The van der Waals surface area contributed by atoms with Gasteiger partial charge in [0.25, 0.3) is 0 Å². The van der Waals surface area contributed by atoms with Crippen LogP contribution >= 0.6 is 0 Å². The van der Waals surface area contributed by atoms with Crippen molar-refractivity contribution in [3.05, 3.63) is 48.3 Å². The molecule has 0 radical (unpaired) electrons. The van der Waals surface area contributed by atoms with Crippen LogP contribution in [-0.4, -0.2) is 15.8 Å². The van der Waals surface area contributed by atoms with Crippen LogP contribution in [0.2, 0.25) is 0 Å². The van der Waals surface area contributed by atoms with Crippen molar-refractivity contribution in [1.82, 2.24) is 9.88 Å². The van der Waals surface area contributed by atoms with E-state index in [1.54, 1.807) is 11.1 Å². The normalized spacial score (nSPS) is 14.7. The van der Waals surface area contributed by atoms with Gasteiger partial charge in [-0.1, -0.05) is 18.2 Å². The van der Waals surface area contributed by atoms with Gasteiger partial charge in [-0.15, -0.1) is 0 Å². The molecule has 1 aromatic carbocycles. The Bertz CT molecular complexity index is 649. The van der Waals surface area contributed by atoms with E-state index >= 15 is 0 Å². The van der Waals surface area contributed by atoms with Crippen LogP contribution in [0.3, 0.4) is 0 Å². The Labute approximate surface area is 105 Å². The van der Waals surface area contributed by atoms with Gasteiger partial charge in [-0.2, -0.15) is 0 Å². The molecule has 4 nitrogen and oxygen atoms in total. The number of rotatable bonds is 2. The summed E-state index contributed by atoms with van der Waals surface area (Å²) < 4.78 is 0. The van der Waals surface area contributed by atoms with Crippen molar-refractivity contribution in [2.75, 3.05) is 5.73 Å². The third kappa shape index (κ3) is 1.82. The van der Waals surface area contributed by atoms with Gasteiger partial charge in [0.15, 0.2) is 0 Å². The molecule has 0 spiro atoms. The predicted octanol–water partition coefficient (Wildman–Crippen LogP) is 2.06. The van der Waals surface area contributed by atoms with E-state index in [1.807, 2.05) is 36.5 Å². The number of carbonyl (C=O) groups is 1. The van der Waals surface area contributed by atoms with Gasteiger partial charge in [0.2, 0.25) is 5.91 Å². The van der Waals surface area contributed by atoms with Crippen LogP contribution in [0.5, 0.6) is 0 Å². The van der Waals surface area contributed by atoms with Gasteiger partial charge in [-0.25, -0.2) is 4.98 Å². The fourth-order valence-electron chi connectivity index (χ4n) is 2.16. The van der Waals surface area contributed by atoms with Crippen LogP contribution in [0.4, 0.5) is 5.82 Å². The maximum Gasteiger partial charge on any atom is 0.230 e. The average Bonchev–Trinajstić information content (AvgIpc) is 2.76. The third-order valence-electron chi connectivity index (χ3n) is 3.11. The quantitative estimate of drug-likeness (QED) is 0.872. The summed E-state index contributed by atoms with van der Waals surface area (Å²) in [5.74, 6) is 0.659. The molecule has 0 bridgehead atoms. The van der Waals surface area contributed by atoms with Gasteiger partial charge in [0.05, 0.1) is 6.54 Å². The summed E-state index contributed by atoms with van der Waals surface area (Å²) in [5, 5.41) is 2.00. The van der Waals surface area contributed by atoms with Crippen LogP contribution in [-0.2, 0) is 11.3 Å². The highest BCUT2D eigenvalue weighted by atomic mass is 16.2. The summed E-state index contributed by atoms with van der Waals surface area (Å²) in [7, 11) is 0. The van der Waals surface area contributed by atoms with E-state index in [0.717, 1.165) is 16.3 Å². The molecule has 2 N–H and O–H groups in total. The van der Waals surface area contributed by atoms with E-state index in [0.29, 0.717) is 18.8 Å². The highest BCUT2D eigenvalue weighted by Gasteiger charge is 2.15. The topological polar surface area (TPSA) is 59.2 Å². The number of pyridine rings is 1. The molecular formula is C14H13N3O. The minimum Gasteiger partial charge on any atom is -0.383 e. The number of fused-ring (bicyclic) bond motifs is 1. The summed E-state index contributed by atoms with van der Waals surface area (Å²) in [4.78, 5) is 17.3. The Morgan fingerprint density at radius 1 is 1.33 bits per heavy atom. The lowest BCUT2D eigenvalue weighted by Gasteiger charge is -2.14. The highest BCUT2D eigenvalue weighted by molar-refractivity contribution is 5.91. The SMILES string of the molecule is Nc1nccc2ccc(CN3C=CCC3=O)cc12. The number of anilines is 1. The van der Waals surface area contributed by atoms with E-state index in [1.165, 1.54) is 0 Å². The smallest absolute Gasteiger partial charge is 0.230 e. The number of benzene rings is 1. The van der Waals surface area contributed by atoms with Crippen molar-refractivity contribution >= 4 is 22.5 Å². The fourth-order valence-corrected chi connectivity index (χ4v) is 2.16. The molecule has 0 saturated carbocycles. The molecule has 2 aromatic rings. The maximum atomic E-state index is 11.5. The van der Waals surface area contributed by atoms with Gasteiger partial charge in [-0.05, 0) is 23.1 Å². The number of nitrogens with two attached hydrogens (primary N) is 1. The van der Waals surface area contributed by atoms with Crippen molar-refractivity contribution in [1.29, 1.82) is 0 Å². The molecule has 4 heteroatoms. The number of aromatic nitrogens is 1. The molecule has 3 rings (SSSR count). The van der Waals surface area contributed by atoms with Gasteiger partial charge in [0.1, 0.15) is 5.82 Å². The minimum absolute atomic E-state index is 0.134. The Morgan fingerprint density at radius 3 is 3.00 bits per heavy atom. The average molecular weight is 239 g/mol. The largest absolute Gasteiger partial charge is 0.383 e. The monoisotopic (exact) mass is 239 g/mol. The molecule has 2 heterocycles. The first-order valence-electron chi connectivity index (χ1n) is 5.83. The second-order valence-corrected chi connectivity index (χ2v) is 4.36. The van der Waals surface area contributed by atoms with Crippen molar-refractivity contribution in [2.24, 2.45) is 0 Å². The number of amides is 1. The number of nitrogen functional groups attached to an aromatic ring is 1. The van der Waals surface area contributed by atoms with Gasteiger partial charge in [-0.3, -0.25) is 4.79 Å². The summed E-state index contributed by atoms with van der Waals surface area (Å²) in [6.45, 7) is 0.583. The lowest BCUT2D eigenvalue weighted by atomic mass is 10.1.